The second-order valence-corrected chi connectivity index (χ2v) is 4.26. The van der Waals surface area contributed by atoms with Crippen molar-refractivity contribution in [1.82, 2.24) is 20.0 Å². The smallest absolute Gasteiger partial charge is 0.358 e. The van der Waals surface area contributed by atoms with Crippen LogP contribution < -0.4 is 5.73 Å². The molecular weight excluding hydrogens is 274 g/mol. The summed E-state index contributed by atoms with van der Waals surface area (Å²) in [6.45, 7) is 0. The predicted octanol–water partition coefficient (Wildman–Crippen LogP) is 0.613. The van der Waals surface area contributed by atoms with Crippen molar-refractivity contribution in [3.05, 3.63) is 47.9 Å². The number of hydrogen-bond acceptors (Lipinski definition) is 5. The highest BCUT2D eigenvalue weighted by atomic mass is 16.4. The molecule has 3 N–H and O–H groups in total. The fraction of sp³-hybridized carbons (Fsp3) is 0. The van der Waals surface area contributed by atoms with Crippen molar-refractivity contribution in [3.8, 4) is 5.69 Å². The number of carbonyl (C=O) groups excluding carboxylic acids is 1. The SMILES string of the molecule is NC(=O)c1cnn(-c2c(C(=O)O)nnc3ccccc23)c1. The summed E-state index contributed by atoms with van der Waals surface area (Å²) in [5.74, 6) is -1.89. The van der Waals surface area contributed by atoms with E-state index >= 15 is 0 Å². The Kier molecular flexibility index (Phi) is 2.83. The van der Waals surface area contributed by atoms with Gasteiger partial charge in [0.1, 0.15) is 5.69 Å². The van der Waals surface area contributed by atoms with Gasteiger partial charge < -0.3 is 10.8 Å². The number of nitrogens with zero attached hydrogens (tertiary/aromatic N) is 4. The summed E-state index contributed by atoms with van der Waals surface area (Å²) in [5, 5.41) is 21.4. The summed E-state index contributed by atoms with van der Waals surface area (Å²) >= 11 is 0. The summed E-state index contributed by atoms with van der Waals surface area (Å²) < 4.78 is 1.26. The molecule has 3 aromatic rings. The van der Waals surface area contributed by atoms with Crippen LogP contribution in [0.1, 0.15) is 20.8 Å². The number of amides is 1. The topological polar surface area (TPSA) is 124 Å². The predicted molar refractivity (Wildman–Crippen MR) is 72.1 cm³/mol. The van der Waals surface area contributed by atoms with E-state index in [9.17, 15) is 14.7 Å². The third kappa shape index (κ3) is 2.08. The summed E-state index contributed by atoms with van der Waals surface area (Å²) in [7, 11) is 0. The molecule has 0 fully saturated rings. The first kappa shape index (κ1) is 12.7. The number of aromatic nitrogens is 4. The quantitative estimate of drug-likeness (QED) is 0.725. The van der Waals surface area contributed by atoms with Crippen LogP contribution in [0.15, 0.2) is 36.7 Å². The lowest BCUT2D eigenvalue weighted by Crippen LogP contribution is -2.12. The van der Waals surface area contributed by atoms with Gasteiger partial charge in [0.05, 0.1) is 17.3 Å². The molecule has 0 aliphatic heterocycles. The van der Waals surface area contributed by atoms with Gasteiger partial charge in [0.2, 0.25) is 0 Å². The third-order valence-corrected chi connectivity index (χ3v) is 2.94. The Bertz CT molecular complexity index is 871. The van der Waals surface area contributed by atoms with Crippen molar-refractivity contribution in [2.75, 3.05) is 0 Å². The van der Waals surface area contributed by atoms with E-state index in [2.05, 4.69) is 15.3 Å². The van der Waals surface area contributed by atoms with Crippen molar-refractivity contribution in [1.29, 1.82) is 0 Å². The Morgan fingerprint density at radius 2 is 1.95 bits per heavy atom. The van der Waals surface area contributed by atoms with Crippen LogP contribution in [0.3, 0.4) is 0 Å². The van der Waals surface area contributed by atoms with Gasteiger partial charge in [0, 0.05) is 11.6 Å². The Morgan fingerprint density at radius 1 is 1.19 bits per heavy atom. The number of primary amides is 1. The first-order chi connectivity index (χ1) is 10.1. The van der Waals surface area contributed by atoms with Gasteiger partial charge in [-0.2, -0.15) is 5.10 Å². The van der Waals surface area contributed by atoms with E-state index in [0.717, 1.165) is 0 Å². The molecule has 21 heavy (non-hydrogen) atoms. The van der Waals surface area contributed by atoms with Crippen LogP contribution in [0, 0.1) is 0 Å². The van der Waals surface area contributed by atoms with Gasteiger partial charge in [0.25, 0.3) is 5.91 Å². The number of hydrogen-bond donors (Lipinski definition) is 2. The maximum absolute atomic E-state index is 11.3. The maximum atomic E-state index is 11.3. The number of fused-ring (bicyclic) bond motifs is 1. The molecule has 0 aliphatic rings. The second-order valence-electron chi connectivity index (χ2n) is 4.26. The lowest BCUT2D eigenvalue weighted by molar-refractivity contribution is 0.0689. The highest BCUT2D eigenvalue weighted by Crippen LogP contribution is 2.22. The van der Waals surface area contributed by atoms with Gasteiger partial charge >= 0.3 is 5.97 Å². The van der Waals surface area contributed by atoms with Crippen LogP contribution in [0.2, 0.25) is 0 Å². The molecule has 3 rings (SSSR count). The standard InChI is InChI=1S/C13H9N5O3/c14-12(19)7-5-15-18(6-7)11-8-3-1-2-4-9(8)16-17-10(11)13(20)21/h1-6H,(H2,14,19)(H,20,21). The van der Waals surface area contributed by atoms with E-state index in [1.807, 2.05) is 0 Å². The number of aromatic carboxylic acids is 1. The molecular formula is C13H9N5O3. The normalized spacial score (nSPS) is 10.7. The zero-order valence-electron chi connectivity index (χ0n) is 10.6. The molecule has 8 nitrogen and oxygen atoms in total. The largest absolute Gasteiger partial charge is 0.476 e. The lowest BCUT2D eigenvalue weighted by Gasteiger charge is -2.08. The van der Waals surface area contributed by atoms with E-state index < -0.39 is 11.9 Å². The van der Waals surface area contributed by atoms with Gasteiger partial charge in [-0.25, -0.2) is 9.48 Å². The first-order valence-corrected chi connectivity index (χ1v) is 5.91. The van der Waals surface area contributed by atoms with Crippen molar-refractivity contribution < 1.29 is 14.7 Å². The fourth-order valence-corrected chi connectivity index (χ4v) is 1.99. The summed E-state index contributed by atoms with van der Waals surface area (Å²) in [6.07, 6.45) is 2.63. The van der Waals surface area contributed by atoms with Crippen LogP contribution in [-0.2, 0) is 0 Å². The highest BCUT2D eigenvalue weighted by molar-refractivity contribution is 5.99. The molecule has 2 heterocycles. The summed E-state index contributed by atoms with van der Waals surface area (Å²) in [4.78, 5) is 22.5. The summed E-state index contributed by atoms with van der Waals surface area (Å²) in [5.41, 5.74) is 5.85. The van der Waals surface area contributed by atoms with E-state index in [1.54, 1.807) is 24.3 Å². The summed E-state index contributed by atoms with van der Waals surface area (Å²) in [6, 6.07) is 6.92. The number of rotatable bonds is 3. The molecule has 0 spiro atoms. The number of nitrogens with two attached hydrogens (primary N) is 1. The van der Waals surface area contributed by atoms with Gasteiger partial charge in [-0.15, -0.1) is 10.2 Å². The lowest BCUT2D eigenvalue weighted by atomic mass is 10.1. The Morgan fingerprint density at radius 3 is 2.62 bits per heavy atom. The van der Waals surface area contributed by atoms with Crippen LogP contribution in [0.5, 0.6) is 0 Å². The number of carboxylic acid groups (broad SMARTS) is 1. The molecule has 0 saturated heterocycles. The molecule has 0 bridgehead atoms. The van der Waals surface area contributed by atoms with Crippen molar-refractivity contribution >= 4 is 22.8 Å². The number of benzene rings is 1. The van der Waals surface area contributed by atoms with Gasteiger partial charge in [0.15, 0.2) is 5.69 Å². The van der Waals surface area contributed by atoms with Crippen LogP contribution >= 0.6 is 0 Å². The average molecular weight is 283 g/mol. The van der Waals surface area contributed by atoms with Gasteiger partial charge in [-0.05, 0) is 6.07 Å². The van der Waals surface area contributed by atoms with Crippen LogP contribution in [0.25, 0.3) is 16.6 Å². The molecule has 0 aliphatic carbocycles. The second kappa shape index (κ2) is 4.67. The molecule has 0 saturated carbocycles. The van der Waals surface area contributed by atoms with Crippen molar-refractivity contribution in [3.63, 3.8) is 0 Å². The highest BCUT2D eigenvalue weighted by Gasteiger charge is 2.19. The van der Waals surface area contributed by atoms with Crippen LogP contribution in [0.4, 0.5) is 0 Å². The monoisotopic (exact) mass is 283 g/mol. The minimum atomic E-state index is -1.24. The molecule has 0 unspecified atom stereocenters. The Labute approximate surface area is 117 Å². The zero-order chi connectivity index (χ0) is 15.0. The average Bonchev–Trinajstić information content (AvgIpc) is 2.95. The van der Waals surface area contributed by atoms with Gasteiger partial charge in [-0.1, -0.05) is 18.2 Å². The molecule has 0 radical (unpaired) electrons. The van der Waals surface area contributed by atoms with Crippen molar-refractivity contribution in [2.24, 2.45) is 5.73 Å². The molecule has 0 atom stereocenters. The minimum absolute atomic E-state index is 0.173. The van der Waals surface area contributed by atoms with E-state index in [0.29, 0.717) is 10.9 Å². The third-order valence-electron chi connectivity index (χ3n) is 2.94. The molecule has 104 valence electrons. The van der Waals surface area contributed by atoms with Gasteiger partial charge in [-0.3, -0.25) is 4.79 Å². The molecule has 2 aromatic heterocycles. The van der Waals surface area contributed by atoms with Crippen molar-refractivity contribution in [2.45, 2.75) is 0 Å². The van der Waals surface area contributed by atoms with E-state index in [-0.39, 0.29) is 16.9 Å². The van der Waals surface area contributed by atoms with E-state index in [4.69, 9.17) is 5.73 Å². The molecule has 1 aromatic carbocycles. The van der Waals surface area contributed by atoms with E-state index in [1.165, 1.54) is 17.1 Å². The minimum Gasteiger partial charge on any atom is -0.476 e. The zero-order valence-corrected chi connectivity index (χ0v) is 10.6. The van der Waals surface area contributed by atoms with Crippen LogP contribution in [-0.4, -0.2) is 37.0 Å². The molecule has 8 heteroatoms. The first-order valence-electron chi connectivity index (χ1n) is 5.91. The Hall–Kier alpha value is -3.29. The maximum Gasteiger partial charge on any atom is 0.358 e. The number of carboxylic acids is 1. The number of carbonyl (C=O) groups is 2. The molecule has 1 amide bonds. The Balaban J connectivity index is 2.34. The fourth-order valence-electron chi connectivity index (χ4n) is 1.99.